The standard InChI is InChI=1S/C14H19NO/c1-3-10(2)15-14-6-4-5-11-9-12(16)7-8-13(11)14/h3,7-10,14-16H,1,4-6H2,2H3. The third-order valence-electron chi connectivity index (χ3n) is 3.26. The smallest absolute Gasteiger partial charge is 0.115 e. The van der Waals surface area contributed by atoms with E-state index in [0.717, 1.165) is 12.8 Å². The number of phenolic OH excluding ortho intramolecular Hbond substituents is 1. The number of benzene rings is 1. The van der Waals surface area contributed by atoms with Crippen molar-refractivity contribution in [3.8, 4) is 5.75 Å². The van der Waals surface area contributed by atoms with Crippen LogP contribution in [0.15, 0.2) is 30.9 Å². The van der Waals surface area contributed by atoms with E-state index in [1.54, 1.807) is 6.07 Å². The van der Waals surface area contributed by atoms with E-state index < -0.39 is 0 Å². The minimum Gasteiger partial charge on any atom is -0.508 e. The predicted octanol–water partition coefficient (Wildman–Crippen LogP) is 2.93. The molecule has 0 heterocycles. The van der Waals surface area contributed by atoms with Crippen molar-refractivity contribution in [3.63, 3.8) is 0 Å². The number of aryl methyl sites for hydroxylation is 1. The van der Waals surface area contributed by atoms with Gasteiger partial charge < -0.3 is 10.4 Å². The Labute approximate surface area is 97.0 Å². The Morgan fingerprint density at radius 1 is 1.56 bits per heavy atom. The van der Waals surface area contributed by atoms with Crippen molar-refractivity contribution in [2.24, 2.45) is 0 Å². The average Bonchev–Trinajstić information content (AvgIpc) is 2.28. The quantitative estimate of drug-likeness (QED) is 0.763. The van der Waals surface area contributed by atoms with Crippen molar-refractivity contribution >= 4 is 0 Å². The zero-order valence-electron chi connectivity index (χ0n) is 9.74. The van der Waals surface area contributed by atoms with Gasteiger partial charge in [-0.05, 0) is 49.4 Å². The molecule has 2 rings (SSSR count). The summed E-state index contributed by atoms with van der Waals surface area (Å²) in [4.78, 5) is 0. The molecule has 86 valence electrons. The molecule has 2 atom stereocenters. The zero-order valence-corrected chi connectivity index (χ0v) is 9.74. The first-order valence-electron chi connectivity index (χ1n) is 5.91. The number of hydrogen-bond donors (Lipinski definition) is 2. The van der Waals surface area contributed by atoms with Crippen molar-refractivity contribution in [2.45, 2.75) is 38.3 Å². The first-order valence-corrected chi connectivity index (χ1v) is 5.91. The summed E-state index contributed by atoms with van der Waals surface area (Å²) in [5, 5.41) is 13.0. The van der Waals surface area contributed by atoms with Crippen LogP contribution < -0.4 is 5.32 Å². The lowest BCUT2D eigenvalue weighted by Crippen LogP contribution is -2.31. The van der Waals surface area contributed by atoms with E-state index >= 15 is 0 Å². The topological polar surface area (TPSA) is 32.3 Å². The minimum absolute atomic E-state index is 0.324. The summed E-state index contributed by atoms with van der Waals surface area (Å²) < 4.78 is 0. The van der Waals surface area contributed by atoms with Crippen LogP contribution in [0.2, 0.25) is 0 Å². The molecule has 0 aliphatic heterocycles. The van der Waals surface area contributed by atoms with E-state index in [2.05, 4.69) is 18.8 Å². The fraction of sp³-hybridized carbons (Fsp3) is 0.429. The number of phenols is 1. The maximum atomic E-state index is 9.47. The van der Waals surface area contributed by atoms with Crippen molar-refractivity contribution in [3.05, 3.63) is 42.0 Å². The highest BCUT2D eigenvalue weighted by atomic mass is 16.3. The van der Waals surface area contributed by atoms with Crippen molar-refractivity contribution in [2.75, 3.05) is 0 Å². The highest BCUT2D eigenvalue weighted by Gasteiger charge is 2.20. The van der Waals surface area contributed by atoms with Crippen LogP contribution in [0.1, 0.15) is 36.9 Å². The lowest BCUT2D eigenvalue weighted by Gasteiger charge is -2.28. The molecule has 1 aromatic rings. The van der Waals surface area contributed by atoms with E-state index in [1.165, 1.54) is 17.5 Å². The molecule has 2 N–H and O–H groups in total. The molecule has 0 fully saturated rings. The second-order valence-electron chi connectivity index (χ2n) is 4.52. The van der Waals surface area contributed by atoms with Crippen molar-refractivity contribution in [1.82, 2.24) is 5.32 Å². The third kappa shape index (κ3) is 2.27. The highest BCUT2D eigenvalue weighted by Crippen LogP contribution is 2.32. The zero-order chi connectivity index (χ0) is 11.5. The molecule has 1 aliphatic rings. The van der Waals surface area contributed by atoms with Gasteiger partial charge in [-0.3, -0.25) is 0 Å². The molecule has 0 spiro atoms. The largest absolute Gasteiger partial charge is 0.508 e. The summed E-state index contributed by atoms with van der Waals surface area (Å²) in [6.45, 7) is 5.91. The summed E-state index contributed by atoms with van der Waals surface area (Å²) in [7, 11) is 0. The van der Waals surface area contributed by atoms with Gasteiger partial charge >= 0.3 is 0 Å². The fourth-order valence-corrected chi connectivity index (χ4v) is 2.36. The second-order valence-corrected chi connectivity index (χ2v) is 4.52. The first kappa shape index (κ1) is 11.2. The van der Waals surface area contributed by atoms with E-state index in [4.69, 9.17) is 0 Å². The summed E-state index contributed by atoms with van der Waals surface area (Å²) in [5.74, 6) is 0.371. The molecule has 0 bridgehead atoms. The molecule has 1 aliphatic carbocycles. The molecule has 0 aromatic heterocycles. The van der Waals surface area contributed by atoms with Crippen molar-refractivity contribution in [1.29, 1.82) is 0 Å². The van der Waals surface area contributed by atoms with Gasteiger partial charge in [0.2, 0.25) is 0 Å². The van der Waals surface area contributed by atoms with Crippen LogP contribution in [0, 0.1) is 0 Å². The number of hydrogen-bond acceptors (Lipinski definition) is 2. The van der Waals surface area contributed by atoms with Gasteiger partial charge in [-0.1, -0.05) is 12.1 Å². The van der Waals surface area contributed by atoms with Gasteiger partial charge in [0.25, 0.3) is 0 Å². The van der Waals surface area contributed by atoms with E-state index in [0.29, 0.717) is 17.8 Å². The minimum atomic E-state index is 0.324. The molecule has 0 saturated heterocycles. The van der Waals surface area contributed by atoms with Gasteiger partial charge in [-0.25, -0.2) is 0 Å². The van der Waals surface area contributed by atoms with Crippen LogP contribution in [0.3, 0.4) is 0 Å². The molecule has 2 nitrogen and oxygen atoms in total. The Hall–Kier alpha value is -1.28. The number of aromatic hydroxyl groups is 1. The molecule has 0 amide bonds. The molecule has 2 unspecified atom stereocenters. The molecule has 2 heteroatoms. The van der Waals surface area contributed by atoms with Gasteiger partial charge in [0, 0.05) is 12.1 Å². The Morgan fingerprint density at radius 3 is 3.12 bits per heavy atom. The Bertz CT molecular complexity index is 386. The van der Waals surface area contributed by atoms with E-state index in [1.807, 2.05) is 18.2 Å². The highest BCUT2D eigenvalue weighted by molar-refractivity contribution is 5.38. The Kier molecular flexibility index (Phi) is 3.30. The van der Waals surface area contributed by atoms with Gasteiger partial charge in [-0.2, -0.15) is 0 Å². The number of rotatable bonds is 3. The molecule has 1 aromatic carbocycles. The summed E-state index contributed by atoms with van der Waals surface area (Å²) in [6, 6.07) is 6.43. The number of nitrogens with one attached hydrogen (secondary N) is 1. The SMILES string of the molecule is C=CC(C)NC1CCCc2cc(O)ccc21. The molecular weight excluding hydrogens is 198 g/mol. The van der Waals surface area contributed by atoms with E-state index in [-0.39, 0.29) is 0 Å². The summed E-state index contributed by atoms with van der Waals surface area (Å²) in [5.41, 5.74) is 2.61. The van der Waals surface area contributed by atoms with Gasteiger partial charge in [0.15, 0.2) is 0 Å². The lowest BCUT2D eigenvalue weighted by molar-refractivity contribution is 0.435. The normalized spacial score (nSPS) is 21.2. The Morgan fingerprint density at radius 2 is 2.38 bits per heavy atom. The maximum absolute atomic E-state index is 9.47. The molecule has 0 radical (unpaired) electrons. The van der Waals surface area contributed by atoms with Gasteiger partial charge in [-0.15, -0.1) is 6.58 Å². The van der Waals surface area contributed by atoms with Crippen molar-refractivity contribution < 1.29 is 5.11 Å². The predicted molar refractivity (Wildman–Crippen MR) is 66.6 cm³/mol. The van der Waals surface area contributed by atoms with E-state index in [9.17, 15) is 5.11 Å². The Balaban J connectivity index is 2.22. The molecule has 0 saturated carbocycles. The molecular formula is C14H19NO. The summed E-state index contributed by atoms with van der Waals surface area (Å²) in [6.07, 6.45) is 5.34. The monoisotopic (exact) mass is 217 g/mol. The van der Waals surface area contributed by atoms with Crippen LogP contribution in [0.5, 0.6) is 5.75 Å². The van der Waals surface area contributed by atoms with Crippen LogP contribution in [0.4, 0.5) is 0 Å². The summed E-state index contributed by atoms with van der Waals surface area (Å²) >= 11 is 0. The van der Waals surface area contributed by atoms with Gasteiger partial charge in [0.05, 0.1) is 0 Å². The maximum Gasteiger partial charge on any atom is 0.115 e. The van der Waals surface area contributed by atoms with Crippen LogP contribution >= 0.6 is 0 Å². The first-order chi connectivity index (χ1) is 7.70. The lowest BCUT2D eigenvalue weighted by atomic mass is 9.87. The molecule has 16 heavy (non-hydrogen) atoms. The van der Waals surface area contributed by atoms with Gasteiger partial charge in [0.1, 0.15) is 5.75 Å². The fourth-order valence-electron chi connectivity index (χ4n) is 2.36. The van der Waals surface area contributed by atoms with Crippen LogP contribution in [-0.4, -0.2) is 11.1 Å². The number of fused-ring (bicyclic) bond motifs is 1. The third-order valence-corrected chi connectivity index (χ3v) is 3.26. The second kappa shape index (κ2) is 4.71. The van der Waals surface area contributed by atoms with Crippen LogP contribution in [0.25, 0.3) is 0 Å². The average molecular weight is 217 g/mol. The van der Waals surface area contributed by atoms with Crippen LogP contribution in [-0.2, 0) is 6.42 Å².